The lowest BCUT2D eigenvalue weighted by Crippen LogP contribution is -1.95. The van der Waals surface area contributed by atoms with Crippen LogP contribution in [0, 0.1) is 0 Å². The van der Waals surface area contributed by atoms with Gasteiger partial charge < -0.3 is 5.32 Å². The Bertz CT molecular complexity index is 210. The fourth-order valence-corrected chi connectivity index (χ4v) is 1.20. The van der Waals surface area contributed by atoms with Gasteiger partial charge in [-0.15, -0.1) is 0 Å². The van der Waals surface area contributed by atoms with Gasteiger partial charge in [-0.3, -0.25) is 0 Å². The van der Waals surface area contributed by atoms with Crippen molar-refractivity contribution < 1.29 is 0 Å². The number of hydrogen-bond donors (Lipinski definition) is 1. The molecule has 0 aromatic heterocycles. The van der Waals surface area contributed by atoms with Gasteiger partial charge in [0, 0.05) is 16.7 Å². The summed E-state index contributed by atoms with van der Waals surface area (Å²) in [7, 11) is 0. The summed E-state index contributed by atoms with van der Waals surface area (Å²) in [6.45, 7) is 3.05. The number of nitrogens with one attached hydrogen (secondary N) is 1. The van der Waals surface area contributed by atoms with E-state index in [4.69, 9.17) is 0 Å². The topological polar surface area (TPSA) is 12.0 Å². The lowest BCUT2D eigenvalue weighted by atomic mass is 10.3. The highest BCUT2D eigenvalue weighted by atomic mass is 79.9. The van der Waals surface area contributed by atoms with Gasteiger partial charge in [0.1, 0.15) is 0 Å². The van der Waals surface area contributed by atoms with Crippen molar-refractivity contribution in [3.8, 4) is 0 Å². The van der Waals surface area contributed by atoms with Gasteiger partial charge in [0.2, 0.25) is 0 Å². The summed E-state index contributed by atoms with van der Waals surface area (Å²) >= 11 is 3.39. The average Bonchev–Trinajstić information content (AvgIpc) is 1.88. The molecule has 0 spiro atoms. The van der Waals surface area contributed by atoms with Gasteiger partial charge in [0.25, 0.3) is 0 Å². The minimum Gasteiger partial charge on any atom is -0.385 e. The lowest BCUT2D eigenvalue weighted by molar-refractivity contribution is 1.21. The Kier molecular flexibility index (Phi) is 2.75. The molecule has 0 bridgehead atoms. The summed E-state index contributed by atoms with van der Waals surface area (Å²) in [5.41, 5.74) is 1.16. The molecule has 0 heterocycles. The highest BCUT2D eigenvalue weighted by molar-refractivity contribution is 9.10. The highest BCUT2D eigenvalue weighted by Crippen LogP contribution is 2.14. The summed E-state index contributed by atoms with van der Waals surface area (Å²) in [4.78, 5) is 0. The summed E-state index contributed by atoms with van der Waals surface area (Å²) in [6.07, 6.45) is 0. The standard InChI is InChI=1S/C8H10BrN/c1-2-10-8-5-3-4-7(9)6-8/h3-6,10H,2H2,1H3. The Morgan fingerprint density at radius 2 is 2.30 bits per heavy atom. The van der Waals surface area contributed by atoms with Crippen LogP contribution >= 0.6 is 15.9 Å². The van der Waals surface area contributed by atoms with E-state index in [1.807, 2.05) is 18.2 Å². The molecule has 1 N–H and O–H groups in total. The van der Waals surface area contributed by atoms with Crippen molar-refractivity contribution in [1.29, 1.82) is 0 Å². The number of anilines is 1. The minimum atomic E-state index is 0.969. The monoisotopic (exact) mass is 199 g/mol. The Hall–Kier alpha value is -0.500. The third-order valence-electron chi connectivity index (χ3n) is 1.21. The molecule has 10 heavy (non-hydrogen) atoms. The van der Waals surface area contributed by atoms with Crippen LogP contribution in [0.3, 0.4) is 0 Å². The predicted octanol–water partition coefficient (Wildman–Crippen LogP) is 2.88. The summed E-state index contributed by atoms with van der Waals surface area (Å²) in [6, 6.07) is 8.14. The van der Waals surface area contributed by atoms with E-state index in [9.17, 15) is 0 Å². The van der Waals surface area contributed by atoms with E-state index < -0.39 is 0 Å². The second kappa shape index (κ2) is 3.62. The lowest BCUT2D eigenvalue weighted by Gasteiger charge is -2.01. The molecule has 0 aliphatic heterocycles. The molecule has 0 saturated heterocycles. The van der Waals surface area contributed by atoms with Gasteiger partial charge in [-0.2, -0.15) is 0 Å². The van der Waals surface area contributed by atoms with Crippen LogP contribution in [0.25, 0.3) is 0 Å². The van der Waals surface area contributed by atoms with Gasteiger partial charge in [-0.25, -0.2) is 0 Å². The van der Waals surface area contributed by atoms with E-state index in [0.29, 0.717) is 0 Å². The van der Waals surface area contributed by atoms with Gasteiger partial charge in [-0.1, -0.05) is 22.0 Å². The molecule has 0 saturated carbocycles. The maximum Gasteiger partial charge on any atom is 0.0351 e. The predicted molar refractivity (Wildman–Crippen MR) is 48.3 cm³/mol. The quantitative estimate of drug-likeness (QED) is 0.773. The first-order valence-corrected chi connectivity index (χ1v) is 4.11. The van der Waals surface area contributed by atoms with E-state index in [2.05, 4.69) is 34.2 Å². The number of benzene rings is 1. The molecule has 0 amide bonds. The number of rotatable bonds is 2. The molecule has 1 rings (SSSR count). The maximum absolute atomic E-state index is 3.39. The van der Waals surface area contributed by atoms with Crippen molar-refractivity contribution in [1.82, 2.24) is 0 Å². The molecule has 2 heteroatoms. The molecule has 1 aromatic carbocycles. The van der Waals surface area contributed by atoms with Crippen molar-refractivity contribution in [3.05, 3.63) is 28.7 Å². The van der Waals surface area contributed by atoms with E-state index in [-0.39, 0.29) is 0 Å². The summed E-state index contributed by atoms with van der Waals surface area (Å²) < 4.78 is 1.12. The van der Waals surface area contributed by atoms with E-state index in [0.717, 1.165) is 16.7 Å². The zero-order valence-corrected chi connectivity index (χ0v) is 7.48. The molecule has 0 unspecified atom stereocenters. The average molecular weight is 200 g/mol. The van der Waals surface area contributed by atoms with Crippen molar-refractivity contribution >= 4 is 21.6 Å². The molecule has 54 valence electrons. The number of halogens is 1. The first-order chi connectivity index (χ1) is 4.83. The van der Waals surface area contributed by atoms with Gasteiger partial charge in [0.15, 0.2) is 0 Å². The Balaban J connectivity index is 2.75. The number of hydrogen-bond acceptors (Lipinski definition) is 1. The van der Waals surface area contributed by atoms with Crippen LogP contribution in [-0.4, -0.2) is 6.54 Å². The second-order valence-electron chi connectivity index (χ2n) is 2.04. The van der Waals surface area contributed by atoms with Crippen molar-refractivity contribution in [3.63, 3.8) is 0 Å². The zero-order valence-electron chi connectivity index (χ0n) is 5.89. The van der Waals surface area contributed by atoms with Crippen LogP contribution in [0.5, 0.6) is 0 Å². The van der Waals surface area contributed by atoms with Gasteiger partial charge >= 0.3 is 0 Å². The molecule has 0 radical (unpaired) electrons. The molecule has 0 atom stereocenters. The largest absolute Gasteiger partial charge is 0.385 e. The normalized spacial score (nSPS) is 9.40. The van der Waals surface area contributed by atoms with Gasteiger partial charge in [0.05, 0.1) is 0 Å². The Labute approximate surface area is 69.6 Å². The molecule has 0 aliphatic rings. The third kappa shape index (κ3) is 2.03. The fourth-order valence-electron chi connectivity index (χ4n) is 0.803. The molecular formula is C8H10BrN. The van der Waals surface area contributed by atoms with Crippen LogP contribution in [0.15, 0.2) is 28.7 Å². The van der Waals surface area contributed by atoms with E-state index in [1.54, 1.807) is 0 Å². The minimum absolute atomic E-state index is 0.969. The fraction of sp³-hybridized carbons (Fsp3) is 0.250. The van der Waals surface area contributed by atoms with E-state index in [1.165, 1.54) is 0 Å². The highest BCUT2D eigenvalue weighted by Gasteiger charge is 1.88. The third-order valence-corrected chi connectivity index (χ3v) is 1.70. The summed E-state index contributed by atoms with van der Waals surface area (Å²) in [5.74, 6) is 0. The first kappa shape index (κ1) is 7.61. The maximum atomic E-state index is 3.39. The molecule has 1 aromatic rings. The van der Waals surface area contributed by atoms with Gasteiger partial charge in [-0.05, 0) is 25.1 Å². The molecule has 1 nitrogen and oxygen atoms in total. The van der Waals surface area contributed by atoms with Crippen molar-refractivity contribution in [2.24, 2.45) is 0 Å². The first-order valence-electron chi connectivity index (χ1n) is 3.32. The molecule has 0 fully saturated rings. The molecular weight excluding hydrogens is 190 g/mol. The van der Waals surface area contributed by atoms with Crippen LogP contribution in [0.2, 0.25) is 0 Å². The zero-order chi connectivity index (χ0) is 7.40. The summed E-state index contributed by atoms with van der Waals surface area (Å²) in [5, 5.41) is 3.22. The molecule has 0 aliphatic carbocycles. The SMILES string of the molecule is CCNc1cccc(Br)c1. The van der Waals surface area contributed by atoms with Crippen molar-refractivity contribution in [2.75, 3.05) is 11.9 Å². The van der Waals surface area contributed by atoms with Crippen LogP contribution < -0.4 is 5.32 Å². The Morgan fingerprint density at radius 3 is 2.90 bits per heavy atom. The smallest absolute Gasteiger partial charge is 0.0351 e. The van der Waals surface area contributed by atoms with Crippen LogP contribution in [0.4, 0.5) is 5.69 Å². The van der Waals surface area contributed by atoms with E-state index >= 15 is 0 Å². The van der Waals surface area contributed by atoms with Crippen LogP contribution in [-0.2, 0) is 0 Å². The Morgan fingerprint density at radius 1 is 1.50 bits per heavy atom. The van der Waals surface area contributed by atoms with Crippen molar-refractivity contribution in [2.45, 2.75) is 6.92 Å². The second-order valence-corrected chi connectivity index (χ2v) is 2.96. The van der Waals surface area contributed by atoms with Crippen LogP contribution in [0.1, 0.15) is 6.92 Å².